The van der Waals surface area contributed by atoms with Gasteiger partial charge in [-0.1, -0.05) is 0 Å². The quantitative estimate of drug-likeness (QED) is 0.602. The van der Waals surface area contributed by atoms with Crippen molar-refractivity contribution in [1.82, 2.24) is 9.88 Å². The summed E-state index contributed by atoms with van der Waals surface area (Å²) >= 11 is 0. The Morgan fingerprint density at radius 3 is 2.67 bits per heavy atom. The second-order valence-corrected chi connectivity index (χ2v) is 8.27. The fourth-order valence-electron chi connectivity index (χ4n) is 4.76. The number of nitrogens with zero attached hydrogens (tertiary/aromatic N) is 3. The molecule has 3 aromatic rings. The molecule has 2 amide bonds. The van der Waals surface area contributed by atoms with E-state index in [1.54, 1.807) is 42.6 Å². The Hall–Kier alpha value is -3.46. The summed E-state index contributed by atoms with van der Waals surface area (Å²) in [5, 5.41) is 12.7. The standard InChI is InChI=1S/C24H21FN4O/c25-18-3-6-22-21(13-18)20(9-12-27-22)17-7-10-24(11-8-17)15-29(24)23(30)28-19-4-1-16(14-26)2-5-19/h1-6,9,12-13,17H,7-8,10-11,15H2,(H,28,30). The van der Waals surface area contributed by atoms with Crippen LogP contribution < -0.4 is 5.32 Å². The predicted octanol–water partition coefficient (Wildman–Crippen LogP) is 5.19. The van der Waals surface area contributed by atoms with Gasteiger partial charge in [0.2, 0.25) is 0 Å². The third-order valence-electron chi connectivity index (χ3n) is 6.53. The molecule has 1 spiro atoms. The normalized spacial score (nSPS) is 22.7. The second kappa shape index (κ2) is 7.10. The smallest absolute Gasteiger partial charge is 0.315 e. The molecule has 0 unspecified atom stereocenters. The molecule has 1 aliphatic heterocycles. The van der Waals surface area contributed by atoms with Gasteiger partial charge in [0.05, 0.1) is 22.7 Å². The van der Waals surface area contributed by atoms with Crippen molar-refractivity contribution in [2.45, 2.75) is 37.1 Å². The zero-order valence-electron chi connectivity index (χ0n) is 16.4. The van der Waals surface area contributed by atoms with Crippen LogP contribution in [0.5, 0.6) is 0 Å². The van der Waals surface area contributed by atoms with Crippen LogP contribution in [0.15, 0.2) is 54.7 Å². The van der Waals surface area contributed by atoms with Gasteiger partial charge in [0.15, 0.2) is 0 Å². The first-order valence-corrected chi connectivity index (χ1v) is 10.2. The van der Waals surface area contributed by atoms with Crippen LogP contribution in [0.2, 0.25) is 0 Å². The molecule has 30 heavy (non-hydrogen) atoms. The van der Waals surface area contributed by atoms with Crippen molar-refractivity contribution in [3.8, 4) is 6.07 Å². The lowest BCUT2D eigenvalue weighted by Gasteiger charge is -2.30. The van der Waals surface area contributed by atoms with Crippen LogP contribution >= 0.6 is 0 Å². The molecular weight excluding hydrogens is 379 g/mol. The summed E-state index contributed by atoms with van der Waals surface area (Å²) in [6, 6.07) is 15.6. The number of aromatic nitrogens is 1. The summed E-state index contributed by atoms with van der Waals surface area (Å²) in [4.78, 5) is 18.9. The van der Waals surface area contributed by atoms with Gasteiger partial charge < -0.3 is 10.2 Å². The molecule has 5 rings (SSSR count). The SMILES string of the molecule is N#Cc1ccc(NC(=O)N2CC23CCC(c2ccnc4ccc(F)cc24)CC3)cc1. The maximum atomic E-state index is 13.8. The van der Waals surface area contributed by atoms with Gasteiger partial charge >= 0.3 is 6.03 Å². The molecule has 1 aromatic heterocycles. The molecule has 1 saturated carbocycles. The molecule has 1 aliphatic carbocycles. The minimum Gasteiger partial charge on any atom is -0.315 e. The minimum absolute atomic E-state index is 0.0543. The first-order valence-electron chi connectivity index (χ1n) is 10.2. The maximum absolute atomic E-state index is 13.8. The minimum atomic E-state index is -0.239. The third-order valence-corrected chi connectivity index (χ3v) is 6.53. The molecule has 150 valence electrons. The van der Waals surface area contributed by atoms with Crippen molar-refractivity contribution in [2.75, 3.05) is 11.9 Å². The molecule has 0 bridgehead atoms. The van der Waals surface area contributed by atoms with Crippen molar-refractivity contribution >= 4 is 22.6 Å². The van der Waals surface area contributed by atoms with Crippen LogP contribution in [-0.4, -0.2) is 28.0 Å². The Balaban J connectivity index is 1.25. The van der Waals surface area contributed by atoms with E-state index in [1.165, 1.54) is 6.07 Å². The lowest BCUT2D eigenvalue weighted by Crippen LogP contribution is -2.30. The zero-order valence-corrected chi connectivity index (χ0v) is 16.4. The molecule has 1 N–H and O–H groups in total. The molecule has 0 radical (unpaired) electrons. The largest absolute Gasteiger partial charge is 0.322 e. The van der Waals surface area contributed by atoms with E-state index in [0.29, 0.717) is 17.2 Å². The predicted molar refractivity (Wildman–Crippen MR) is 113 cm³/mol. The van der Waals surface area contributed by atoms with Crippen LogP contribution in [0.1, 0.15) is 42.7 Å². The summed E-state index contributed by atoms with van der Waals surface area (Å²) in [5.74, 6) is 0.115. The number of amides is 2. The van der Waals surface area contributed by atoms with Gasteiger partial charge in [-0.05, 0) is 85.7 Å². The highest BCUT2D eigenvalue weighted by Gasteiger charge is 2.56. The van der Waals surface area contributed by atoms with E-state index < -0.39 is 0 Å². The van der Waals surface area contributed by atoms with E-state index >= 15 is 0 Å². The van der Waals surface area contributed by atoms with Gasteiger partial charge in [-0.3, -0.25) is 4.98 Å². The first kappa shape index (κ1) is 18.6. The second-order valence-electron chi connectivity index (χ2n) is 8.27. The number of nitrogens with one attached hydrogen (secondary N) is 1. The molecule has 6 heteroatoms. The number of fused-ring (bicyclic) bond motifs is 1. The average Bonchev–Trinajstić information content (AvgIpc) is 3.48. The summed E-state index contributed by atoms with van der Waals surface area (Å²) in [6.07, 6.45) is 5.62. The Morgan fingerprint density at radius 1 is 1.17 bits per heavy atom. The van der Waals surface area contributed by atoms with E-state index in [2.05, 4.69) is 16.4 Å². The van der Waals surface area contributed by atoms with Crippen molar-refractivity contribution in [1.29, 1.82) is 5.26 Å². The summed E-state index contributed by atoms with van der Waals surface area (Å²) < 4.78 is 13.8. The molecule has 2 aromatic carbocycles. The summed E-state index contributed by atoms with van der Waals surface area (Å²) in [5.41, 5.74) is 3.19. The van der Waals surface area contributed by atoms with Crippen molar-refractivity contribution in [3.05, 3.63) is 71.7 Å². The van der Waals surface area contributed by atoms with E-state index in [-0.39, 0.29) is 17.4 Å². The third kappa shape index (κ3) is 3.26. The zero-order chi connectivity index (χ0) is 20.7. The molecule has 1 saturated heterocycles. The van der Waals surface area contributed by atoms with Gasteiger partial charge in [-0.25, -0.2) is 9.18 Å². The lowest BCUT2D eigenvalue weighted by molar-refractivity contribution is 0.225. The molecule has 2 fully saturated rings. The van der Waals surface area contributed by atoms with Gasteiger partial charge in [0.25, 0.3) is 0 Å². The Bertz CT molecular complexity index is 1160. The van der Waals surface area contributed by atoms with E-state index in [9.17, 15) is 9.18 Å². The Labute approximate surface area is 174 Å². The van der Waals surface area contributed by atoms with Gasteiger partial charge in [0.1, 0.15) is 5.82 Å². The van der Waals surface area contributed by atoms with Gasteiger partial charge in [-0.15, -0.1) is 0 Å². The van der Waals surface area contributed by atoms with Crippen LogP contribution in [0.25, 0.3) is 10.9 Å². The fourth-order valence-corrected chi connectivity index (χ4v) is 4.76. The number of carbonyl (C=O) groups is 1. The number of benzene rings is 2. The van der Waals surface area contributed by atoms with Crippen molar-refractivity contribution < 1.29 is 9.18 Å². The molecule has 5 nitrogen and oxygen atoms in total. The van der Waals surface area contributed by atoms with Crippen LogP contribution in [-0.2, 0) is 0 Å². The van der Waals surface area contributed by atoms with E-state index in [0.717, 1.165) is 48.7 Å². The number of carbonyl (C=O) groups excluding carboxylic acids is 1. The highest BCUT2D eigenvalue weighted by atomic mass is 19.1. The van der Waals surface area contributed by atoms with Gasteiger partial charge in [-0.2, -0.15) is 5.26 Å². The number of halogens is 1. The molecule has 0 atom stereocenters. The van der Waals surface area contributed by atoms with Crippen molar-refractivity contribution in [3.63, 3.8) is 0 Å². The summed E-state index contributed by atoms with van der Waals surface area (Å²) in [7, 11) is 0. The number of hydrogen-bond acceptors (Lipinski definition) is 3. The Morgan fingerprint density at radius 2 is 1.93 bits per heavy atom. The number of rotatable bonds is 2. The highest BCUT2D eigenvalue weighted by molar-refractivity contribution is 5.92. The Kier molecular flexibility index (Phi) is 4.39. The highest BCUT2D eigenvalue weighted by Crippen LogP contribution is 2.49. The van der Waals surface area contributed by atoms with E-state index in [1.807, 2.05) is 11.0 Å². The van der Waals surface area contributed by atoms with E-state index in [4.69, 9.17) is 5.26 Å². The topological polar surface area (TPSA) is 68.8 Å². The van der Waals surface area contributed by atoms with Crippen molar-refractivity contribution in [2.24, 2.45) is 0 Å². The maximum Gasteiger partial charge on any atom is 0.322 e. The number of urea groups is 1. The summed E-state index contributed by atoms with van der Waals surface area (Å²) in [6.45, 7) is 0.771. The first-order chi connectivity index (χ1) is 14.6. The van der Waals surface area contributed by atoms with Crippen LogP contribution in [0.4, 0.5) is 14.9 Å². The number of anilines is 1. The number of pyridine rings is 1. The van der Waals surface area contributed by atoms with Crippen LogP contribution in [0, 0.1) is 17.1 Å². The van der Waals surface area contributed by atoms with Gasteiger partial charge in [0, 0.05) is 23.8 Å². The molecule has 2 heterocycles. The number of nitriles is 1. The van der Waals surface area contributed by atoms with Crippen LogP contribution in [0.3, 0.4) is 0 Å². The molecular formula is C24H21FN4O. The fraction of sp³-hybridized carbons (Fsp3) is 0.292. The average molecular weight is 400 g/mol. The lowest BCUT2D eigenvalue weighted by atomic mass is 9.77. The molecule has 2 aliphatic rings. The number of hydrogen-bond donors (Lipinski definition) is 1. The monoisotopic (exact) mass is 400 g/mol.